The minimum absolute atomic E-state index is 0.0646. The van der Waals surface area contributed by atoms with Crippen LogP contribution < -0.4 is 0 Å². The topological polar surface area (TPSA) is 0 Å². The van der Waals surface area contributed by atoms with E-state index in [0.717, 1.165) is 0 Å². The van der Waals surface area contributed by atoms with Crippen LogP contribution in [0.3, 0.4) is 0 Å². The standard InChI is InChI=1S/C6H15PS3/c1-3-5-9-7(8)10-6-4-2/h8H,3-6H2,1-2H3. The second-order valence-electron chi connectivity index (χ2n) is 1.90. The molecule has 62 valence electrons. The van der Waals surface area contributed by atoms with Crippen molar-refractivity contribution in [1.82, 2.24) is 0 Å². The van der Waals surface area contributed by atoms with Crippen molar-refractivity contribution in [3.05, 3.63) is 0 Å². The summed E-state index contributed by atoms with van der Waals surface area (Å²) in [6.07, 6.45) is 2.55. The van der Waals surface area contributed by atoms with Crippen LogP contribution in [-0.4, -0.2) is 11.5 Å². The molecule has 0 radical (unpaired) electrons. The Balaban J connectivity index is 3.00. The zero-order valence-corrected chi connectivity index (χ0v) is 9.96. The molecule has 0 aliphatic heterocycles. The molecule has 0 saturated carbocycles. The minimum Gasteiger partial charge on any atom is -0.130 e. The molecular weight excluding hydrogens is 199 g/mol. The lowest BCUT2D eigenvalue weighted by Gasteiger charge is -2.06. The van der Waals surface area contributed by atoms with Gasteiger partial charge >= 0.3 is 0 Å². The molecule has 10 heavy (non-hydrogen) atoms. The Hall–Kier alpha value is 1.48. The summed E-state index contributed by atoms with van der Waals surface area (Å²) in [5, 5.41) is 0. The highest BCUT2D eigenvalue weighted by atomic mass is 33.4. The maximum atomic E-state index is 4.49. The maximum absolute atomic E-state index is 4.49. The molecule has 4 heteroatoms. The highest BCUT2D eigenvalue weighted by molar-refractivity contribution is 9.09. The average molecular weight is 214 g/mol. The van der Waals surface area contributed by atoms with Crippen LogP contribution in [-0.2, 0) is 0 Å². The lowest BCUT2D eigenvalue weighted by atomic mass is 10.6. The smallest absolute Gasteiger partial charge is 0.0697 e. The quantitative estimate of drug-likeness (QED) is 0.513. The number of rotatable bonds is 6. The van der Waals surface area contributed by atoms with Crippen molar-refractivity contribution in [2.75, 3.05) is 11.5 Å². The van der Waals surface area contributed by atoms with E-state index in [2.05, 4.69) is 26.1 Å². The van der Waals surface area contributed by atoms with Crippen LogP contribution in [0, 0.1) is 0 Å². The lowest BCUT2D eigenvalue weighted by Crippen LogP contribution is -1.69. The van der Waals surface area contributed by atoms with Crippen molar-refractivity contribution < 1.29 is 0 Å². The molecule has 0 bridgehead atoms. The van der Waals surface area contributed by atoms with Gasteiger partial charge in [-0.1, -0.05) is 13.8 Å². The van der Waals surface area contributed by atoms with Gasteiger partial charge in [0, 0.05) is 0 Å². The van der Waals surface area contributed by atoms with Crippen molar-refractivity contribution in [2.45, 2.75) is 26.7 Å². The van der Waals surface area contributed by atoms with Gasteiger partial charge in [-0.15, -0.1) is 35.0 Å². The van der Waals surface area contributed by atoms with Crippen molar-refractivity contribution in [1.29, 1.82) is 0 Å². The van der Waals surface area contributed by atoms with Crippen LogP contribution in [0.15, 0.2) is 0 Å². The summed E-state index contributed by atoms with van der Waals surface area (Å²) in [4.78, 5) is 0. The molecule has 0 atom stereocenters. The molecule has 0 aliphatic rings. The molecule has 0 aromatic heterocycles. The first-order chi connectivity index (χ1) is 4.81. The Bertz CT molecular complexity index is 62.0. The van der Waals surface area contributed by atoms with Gasteiger partial charge in [-0.25, -0.2) is 0 Å². The predicted octanol–water partition coefficient (Wildman–Crippen LogP) is 4.43. The van der Waals surface area contributed by atoms with Gasteiger partial charge in [0.05, 0.1) is 5.53 Å². The molecule has 0 aliphatic carbocycles. The first-order valence-electron chi connectivity index (χ1n) is 3.56. The fourth-order valence-corrected chi connectivity index (χ4v) is 6.87. The molecule has 0 amide bonds. The van der Waals surface area contributed by atoms with E-state index in [9.17, 15) is 0 Å². The molecule has 0 aromatic carbocycles. The first-order valence-corrected chi connectivity index (χ1v) is 9.23. The van der Waals surface area contributed by atoms with Gasteiger partial charge in [0.1, 0.15) is 0 Å². The van der Waals surface area contributed by atoms with Crippen molar-refractivity contribution in [3.8, 4) is 0 Å². The minimum atomic E-state index is -0.0646. The first kappa shape index (κ1) is 11.5. The normalized spacial score (nSPS) is 10.8. The van der Waals surface area contributed by atoms with Crippen molar-refractivity contribution in [3.63, 3.8) is 0 Å². The molecule has 0 nitrogen and oxygen atoms in total. The fraction of sp³-hybridized carbons (Fsp3) is 1.00. The Morgan fingerprint density at radius 3 is 1.80 bits per heavy atom. The summed E-state index contributed by atoms with van der Waals surface area (Å²) in [7, 11) is 0. The Morgan fingerprint density at radius 2 is 1.50 bits per heavy atom. The Morgan fingerprint density at radius 1 is 1.10 bits per heavy atom. The van der Waals surface area contributed by atoms with E-state index in [4.69, 9.17) is 0 Å². The third kappa shape index (κ3) is 7.59. The summed E-state index contributed by atoms with van der Waals surface area (Å²) in [6.45, 7) is 4.43. The monoisotopic (exact) mass is 214 g/mol. The van der Waals surface area contributed by atoms with Gasteiger partial charge in [-0.05, 0) is 24.3 Å². The second-order valence-corrected chi connectivity index (χ2v) is 11.0. The van der Waals surface area contributed by atoms with E-state index >= 15 is 0 Å². The van der Waals surface area contributed by atoms with Crippen LogP contribution in [0.1, 0.15) is 26.7 Å². The van der Waals surface area contributed by atoms with E-state index in [1.165, 1.54) is 24.3 Å². The highest BCUT2D eigenvalue weighted by Gasteiger charge is 2.00. The fourth-order valence-electron chi connectivity index (χ4n) is 0.376. The molecule has 0 N–H and O–H groups in total. The number of thiol groups is 1. The zero-order valence-electron chi connectivity index (χ0n) is 6.54. The second kappa shape index (κ2) is 8.58. The van der Waals surface area contributed by atoms with E-state index < -0.39 is 0 Å². The maximum Gasteiger partial charge on any atom is 0.0697 e. The Labute approximate surface area is 78.7 Å². The number of hydrogen-bond donors (Lipinski definition) is 1. The zero-order chi connectivity index (χ0) is 7.82. The number of hydrogen-bond acceptors (Lipinski definition) is 3. The van der Waals surface area contributed by atoms with E-state index in [1.54, 1.807) is 0 Å². The predicted molar refractivity (Wildman–Crippen MR) is 61.4 cm³/mol. The SMILES string of the molecule is CCCSP(S)SCCC. The lowest BCUT2D eigenvalue weighted by molar-refractivity contribution is 1.11. The molecule has 0 aromatic rings. The van der Waals surface area contributed by atoms with Crippen molar-refractivity contribution in [2.24, 2.45) is 0 Å². The van der Waals surface area contributed by atoms with E-state index in [-0.39, 0.29) is 5.53 Å². The summed E-state index contributed by atoms with van der Waals surface area (Å²) in [5.41, 5.74) is -0.0646. The van der Waals surface area contributed by atoms with Crippen LogP contribution in [0.5, 0.6) is 0 Å². The summed E-state index contributed by atoms with van der Waals surface area (Å²) < 4.78 is 0. The Kier molecular flexibility index (Phi) is 9.84. The van der Waals surface area contributed by atoms with Gasteiger partial charge in [0.2, 0.25) is 0 Å². The van der Waals surface area contributed by atoms with Crippen molar-refractivity contribution >= 4 is 40.5 Å². The molecule has 0 saturated heterocycles. The summed E-state index contributed by atoms with van der Waals surface area (Å²) >= 11 is 8.51. The van der Waals surface area contributed by atoms with Gasteiger partial charge in [-0.3, -0.25) is 0 Å². The van der Waals surface area contributed by atoms with E-state index in [1.807, 2.05) is 22.8 Å². The van der Waals surface area contributed by atoms with Gasteiger partial charge < -0.3 is 0 Å². The third-order valence-corrected chi connectivity index (χ3v) is 8.83. The molecule has 0 heterocycles. The third-order valence-electron chi connectivity index (χ3n) is 0.812. The molecule has 0 unspecified atom stereocenters. The van der Waals surface area contributed by atoms with Crippen LogP contribution >= 0.6 is 40.5 Å². The average Bonchev–Trinajstić information content (AvgIpc) is 1.97. The van der Waals surface area contributed by atoms with Crippen LogP contribution in [0.4, 0.5) is 0 Å². The van der Waals surface area contributed by atoms with Gasteiger partial charge in [-0.2, -0.15) is 0 Å². The molecule has 0 fully saturated rings. The molecule has 0 rings (SSSR count). The molecule has 0 spiro atoms. The van der Waals surface area contributed by atoms with Gasteiger partial charge in [0.25, 0.3) is 0 Å². The summed E-state index contributed by atoms with van der Waals surface area (Å²) in [5.74, 6) is 2.54. The highest BCUT2D eigenvalue weighted by Crippen LogP contribution is 2.64. The molecular formula is C6H15PS3. The van der Waals surface area contributed by atoms with Crippen LogP contribution in [0.25, 0.3) is 0 Å². The van der Waals surface area contributed by atoms with Crippen LogP contribution in [0.2, 0.25) is 0 Å². The largest absolute Gasteiger partial charge is 0.130 e. The van der Waals surface area contributed by atoms with E-state index in [0.29, 0.717) is 0 Å². The van der Waals surface area contributed by atoms with Gasteiger partial charge in [0.15, 0.2) is 0 Å². The summed E-state index contributed by atoms with van der Waals surface area (Å²) in [6, 6.07) is 0.